The van der Waals surface area contributed by atoms with Gasteiger partial charge >= 0.3 is 0 Å². The highest BCUT2D eigenvalue weighted by Gasteiger charge is 2.26. The number of nitrogens with one attached hydrogen (secondary N) is 1. The van der Waals surface area contributed by atoms with Crippen LogP contribution in [0.5, 0.6) is 11.5 Å². The summed E-state index contributed by atoms with van der Waals surface area (Å²) >= 11 is 1.55. The number of carbonyl (C=O) groups excluding carboxylic acids is 1. The number of fused-ring (bicyclic) bond motifs is 1. The van der Waals surface area contributed by atoms with Gasteiger partial charge in [-0.25, -0.2) is 0 Å². The van der Waals surface area contributed by atoms with Crippen molar-refractivity contribution in [2.45, 2.75) is 38.5 Å². The Balaban J connectivity index is 1.46. The van der Waals surface area contributed by atoms with E-state index in [1.54, 1.807) is 11.9 Å². The molecule has 1 heterocycles. The predicted molar refractivity (Wildman–Crippen MR) is 140 cm³/mol. The fourth-order valence-corrected chi connectivity index (χ4v) is 4.84. The van der Waals surface area contributed by atoms with Crippen molar-refractivity contribution in [2.75, 3.05) is 29.4 Å². The predicted octanol–water partition coefficient (Wildman–Crippen LogP) is 6.37. The second-order valence-corrected chi connectivity index (χ2v) is 9.40. The third-order valence-electron chi connectivity index (χ3n) is 5.75. The summed E-state index contributed by atoms with van der Waals surface area (Å²) in [5, 5.41) is 0. The average Bonchev–Trinajstić information content (AvgIpc) is 2.84. The molecule has 1 aliphatic heterocycles. The van der Waals surface area contributed by atoms with Crippen molar-refractivity contribution in [1.82, 2.24) is 0 Å². The number of benzene rings is 3. The first-order valence-corrected chi connectivity index (χ1v) is 12.7. The van der Waals surface area contributed by atoms with Crippen molar-refractivity contribution in [3.05, 3.63) is 77.9 Å². The number of nitrogens with zero attached hydrogens (tertiary/aromatic N) is 1. The van der Waals surface area contributed by atoms with Gasteiger partial charge in [0.25, 0.3) is 0 Å². The number of rotatable bonds is 9. The molecule has 3 aromatic rings. The van der Waals surface area contributed by atoms with Gasteiger partial charge in [0.1, 0.15) is 11.5 Å². The van der Waals surface area contributed by atoms with E-state index in [0.29, 0.717) is 25.6 Å². The van der Waals surface area contributed by atoms with Crippen LogP contribution in [0.3, 0.4) is 0 Å². The second kappa shape index (κ2) is 11.3. The summed E-state index contributed by atoms with van der Waals surface area (Å²) in [5.41, 5.74) is 4.25. The fourth-order valence-electron chi connectivity index (χ4n) is 4.16. The molecular formula is C28H32N2O3S. The number of anilines is 2. The molecule has 3 aromatic carbocycles. The standard InChI is InChI=1S/C28H32N2O3S/c1-4-32-24-11-6-21(7-12-24)17-28(31)30-19-20(3)16-22-8-15-26(18-27(22)30)34-29-23-9-13-25(14-10-23)33-5-2/h6-15,18,20,29H,4-5,16-17,19H2,1-3H3. The number of hydrogen-bond donors (Lipinski definition) is 1. The Labute approximate surface area is 206 Å². The van der Waals surface area contributed by atoms with E-state index in [1.807, 2.05) is 67.3 Å². The average molecular weight is 477 g/mol. The lowest BCUT2D eigenvalue weighted by Gasteiger charge is -2.33. The Hall–Kier alpha value is -3.12. The van der Waals surface area contributed by atoms with Crippen LogP contribution in [0.2, 0.25) is 0 Å². The first kappa shape index (κ1) is 24.0. The Morgan fingerprint density at radius 1 is 0.971 bits per heavy atom. The molecule has 0 radical (unpaired) electrons. The fraction of sp³-hybridized carbons (Fsp3) is 0.321. The Morgan fingerprint density at radius 3 is 2.26 bits per heavy atom. The molecule has 1 amide bonds. The van der Waals surface area contributed by atoms with Crippen LogP contribution in [0.4, 0.5) is 11.4 Å². The number of hydrogen-bond acceptors (Lipinski definition) is 5. The lowest BCUT2D eigenvalue weighted by Crippen LogP contribution is -2.40. The zero-order valence-electron chi connectivity index (χ0n) is 20.0. The summed E-state index contributed by atoms with van der Waals surface area (Å²) in [6, 6.07) is 22.2. The maximum absolute atomic E-state index is 13.3. The Bertz CT molecular complexity index is 1100. The Kier molecular flexibility index (Phi) is 8.01. The maximum atomic E-state index is 13.3. The molecule has 1 atom stereocenters. The molecule has 1 N–H and O–H groups in total. The molecule has 0 spiro atoms. The summed E-state index contributed by atoms with van der Waals surface area (Å²) in [4.78, 5) is 16.4. The summed E-state index contributed by atoms with van der Waals surface area (Å²) in [6.07, 6.45) is 1.36. The van der Waals surface area contributed by atoms with Crippen molar-refractivity contribution in [1.29, 1.82) is 0 Å². The van der Waals surface area contributed by atoms with Crippen LogP contribution in [-0.4, -0.2) is 25.7 Å². The third-order valence-corrected chi connectivity index (χ3v) is 6.58. The van der Waals surface area contributed by atoms with Gasteiger partial charge in [-0.2, -0.15) is 0 Å². The summed E-state index contributed by atoms with van der Waals surface area (Å²) in [5.74, 6) is 2.25. The van der Waals surface area contributed by atoms with Crippen LogP contribution in [0.1, 0.15) is 31.9 Å². The van der Waals surface area contributed by atoms with Crippen LogP contribution in [0.25, 0.3) is 0 Å². The van der Waals surface area contributed by atoms with E-state index < -0.39 is 0 Å². The lowest BCUT2D eigenvalue weighted by atomic mass is 9.93. The molecule has 34 heavy (non-hydrogen) atoms. The summed E-state index contributed by atoms with van der Waals surface area (Å²) in [6.45, 7) is 8.18. The van der Waals surface area contributed by atoms with Crippen molar-refractivity contribution in [3.8, 4) is 11.5 Å². The molecule has 6 heteroatoms. The number of carbonyl (C=O) groups is 1. The molecule has 0 bridgehead atoms. The molecule has 178 valence electrons. The van der Waals surface area contributed by atoms with Crippen molar-refractivity contribution in [3.63, 3.8) is 0 Å². The zero-order valence-corrected chi connectivity index (χ0v) is 20.9. The van der Waals surface area contributed by atoms with Gasteiger partial charge in [0, 0.05) is 22.8 Å². The highest BCUT2D eigenvalue weighted by Crippen LogP contribution is 2.34. The van der Waals surface area contributed by atoms with Crippen LogP contribution in [0.15, 0.2) is 71.6 Å². The van der Waals surface area contributed by atoms with E-state index in [0.717, 1.165) is 46.3 Å². The van der Waals surface area contributed by atoms with Crippen LogP contribution < -0.4 is 19.1 Å². The van der Waals surface area contributed by atoms with Crippen LogP contribution in [0, 0.1) is 5.92 Å². The van der Waals surface area contributed by atoms with E-state index in [4.69, 9.17) is 9.47 Å². The summed E-state index contributed by atoms with van der Waals surface area (Å²) < 4.78 is 14.4. The highest BCUT2D eigenvalue weighted by atomic mass is 32.2. The number of ether oxygens (including phenoxy) is 2. The minimum atomic E-state index is 0.124. The second-order valence-electron chi connectivity index (χ2n) is 8.52. The van der Waals surface area contributed by atoms with E-state index in [-0.39, 0.29) is 5.91 Å². The van der Waals surface area contributed by atoms with Gasteiger partial charge in [-0.1, -0.05) is 25.1 Å². The molecule has 1 unspecified atom stereocenters. The number of amides is 1. The van der Waals surface area contributed by atoms with E-state index >= 15 is 0 Å². The van der Waals surface area contributed by atoms with Gasteiger partial charge in [-0.15, -0.1) is 0 Å². The molecule has 0 saturated heterocycles. The molecule has 0 fully saturated rings. The van der Waals surface area contributed by atoms with E-state index in [2.05, 4.69) is 29.8 Å². The Morgan fingerprint density at radius 2 is 1.62 bits per heavy atom. The third kappa shape index (κ3) is 6.06. The van der Waals surface area contributed by atoms with Gasteiger partial charge < -0.3 is 19.1 Å². The largest absolute Gasteiger partial charge is 0.494 e. The van der Waals surface area contributed by atoms with Crippen molar-refractivity contribution in [2.24, 2.45) is 5.92 Å². The smallest absolute Gasteiger partial charge is 0.231 e. The lowest BCUT2D eigenvalue weighted by molar-refractivity contribution is -0.118. The highest BCUT2D eigenvalue weighted by molar-refractivity contribution is 8.00. The van der Waals surface area contributed by atoms with Crippen LogP contribution in [-0.2, 0) is 17.6 Å². The van der Waals surface area contributed by atoms with Gasteiger partial charge in [0.15, 0.2) is 0 Å². The van der Waals surface area contributed by atoms with Gasteiger partial charge in [-0.05, 0) is 97.8 Å². The van der Waals surface area contributed by atoms with Crippen LogP contribution >= 0.6 is 11.9 Å². The molecule has 0 aromatic heterocycles. The van der Waals surface area contributed by atoms with Gasteiger partial charge in [-0.3, -0.25) is 4.79 Å². The minimum Gasteiger partial charge on any atom is -0.494 e. The van der Waals surface area contributed by atoms with Crippen molar-refractivity contribution < 1.29 is 14.3 Å². The molecular weight excluding hydrogens is 444 g/mol. The molecule has 4 rings (SSSR count). The van der Waals surface area contributed by atoms with Gasteiger partial charge in [0.05, 0.1) is 19.6 Å². The first-order chi connectivity index (χ1) is 16.6. The van der Waals surface area contributed by atoms with E-state index in [1.165, 1.54) is 5.56 Å². The normalized spacial score (nSPS) is 14.9. The van der Waals surface area contributed by atoms with E-state index in [9.17, 15) is 4.79 Å². The zero-order chi connectivity index (χ0) is 23.9. The van der Waals surface area contributed by atoms with Crippen molar-refractivity contribution >= 4 is 29.2 Å². The molecule has 0 saturated carbocycles. The minimum absolute atomic E-state index is 0.124. The molecule has 1 aliphatic rings. The quantitative estimate of drug-likeness (QED) is 0.364. The monoisotopic (exact) mass is 476 g/mol. The van der Waals surface area contributed by atoms with Gasteiger partial charge in [0.2, 0.25) is 5.91 Å². The summed E-state index contributed by atoms with van der Waals surface area (Å²) in [7, 11) is 0. The topological polar surface area (TPSA) is 50.8 Å². The first-order valence-electron chi connectivity index (χ1n) is 11.9. The SMILES string of the molecule is CCOc1ccc(CC(=O)N2CC(C)Cc3ccc(SNc4ccc(OCC)cc4)cc32)cc1. The molecule has 0 aliphatic carbocycles. The molecule has 5 nitrogen and oxygen atoms in total. The maximum Gasteiger partial charge on any atom is 0.231 e.